The van der Waals surface area contributed by atoms with Crippen LogP contribution in [0.4, 0.5) is 14.5 Å². The van der Waals surface area contributed by atoms with Crippen LogP contribution in [0.5, 0.6) is 5.75 Å². The average molecular weight is 400 g/mol. The summed E-state index contributed by atoms with van der Waals surface area (Å²) in [5, 5.41) is 2.25. The molecule has 7 nitrogen and oxygen atoms in total. The van der Waals surface area contributed by atoms with Crippen molar-refractivity contribution in [1.29, 1.82) is 0 Å². The van der Waals surface area contributed by atoms with Gasteiger partial charge in [0.15, 0.2) is 6.61 Å². The standard InChI is InChI=1S/C17H18F2N2O5S/c1-25-9-8-20-27(23,24)14-5-3-13(4-6-14)26-11-17(22)21-16-7-2-12(18)10-15(16)19/h2-7,10,20H,8-9,11H2,1H3,(H,21,22). The van der Waals surface area contributed by atoms with Crippen LogP contribution in [0.3, 0.4) is 0 Å². The molecule has 0 aliphatic rings. The number of methoxy groups -OCH3 is 1. The van der Waals surface area contributed by atoms with Crippen LogP contribution in [0.1, 0.15) is 0 Å². The van der Waals surface area contributed by atoms with Gasteiger partial charge < -0.3 is 14.8 Å². The van der Waals surface area contributed by atoms with E-state index >= 15 is 0 Å². The summed E-state index contributed by atoms with van der Waals surface area (Å²) in [5.41, 5.74) is -0.173. The minimum absolute atomic E-state index is 0.0313. The summed E-state index contributed by atoms with van der Waals surface area (Å²) >= 11 is 0. The summed E-state index contributed by atoms with van der Waals surface area (Å²) in [5.74, 6) is -2.06. The number of hydrogen-bond acceptors (Lipinski definition) is 5. The van der Waals surface area contributed by atoms with E-state index in [9.17, 15) is 22.0 Å². The topological polar surface area (TPSA) is 93.7 Å². The maximum absolute atomic E-state index is 13.5. The Hall–Kier alpha value is -2.56. The fourth-order valence-electron chi connectivity index (χ4n) is 2.00. The smallest absolute Gasteiger partial charge is 0.262 e. The Morgan fingerprint density at radius 2 is 1.81 bits per heavy atom. The van der Waals surface area contributed by atoms with E-state index in [4.69, 9.17) is 9.47 Å². The van der Waals surface area contributed by atoms with Gasteiger partial charge in [-0.05, 0) is 36.4 Å². The number of carbonyl (C=O) groups is 1. The molecule has 2 N–H and O–H groups in total. The van der Waals surface area contributed by atoms with Crippen LogP contribution in [0.25, 0.3) is 0 Å². The van der Waals surface area contributed by atoms with Crippen molar-refractivity contribution in [1.82, 2.24) is 4.72 Å². The van der Waals surface area contributed by atoms with Gasteiger partial charge in [-0.2, -0.15) is 0 Å². The summed E-state index contributed by atoms with van der Waals surface area (Å²) in [6, 6.07) is 8.17. The van der Waals surface area contributed by atoms with Crippen LogP contribution < -0.4 is 14.8 Å². The zero-order chi connectivity index (χ0) is 19.9. The Kier molecular flexibility index (Phi) is 7.22. The predicted molar refractivity (Wildman–Crippen MR) is 94.0 cm³/mol. The second-order valence-electron chi connectivity index (χ2n) is 5.32. The van der Waals surface area contributed by atoms with Crippen LogP contribution in [0, 0.1) is 11.6 Å². The van der Waals surface area contributed by atoms with Gasteiger partial charge in [0.05, 0.1) is 17.2 Å². The third-order valence-electron chi connectivity index (χ3n) is 3.31. The lowest BCUT2D eigenvalue weighted by Crippen LogP contribution is -2.27. The first kappa shape index (κ1) is 20.7. The van der Waals surface area contributed by atoms with Crippen LogP contribution in [0.2, 0.25) is 0 Å². The first-order chi connectivity index (χ1) is 12.8. The number of ether oxygens (including phenoxy) is 2. The van der Waals surface area contributed by atoms with E-state index in [1.165, 1.54) is 31.4 Å². The van der Waals surface area contributed by atoms with Crippen molar-refractivity contribution in [3.05, 3.63) is 54.1 Å². The summed E-state index contributed by atoms with van der Waals surface area (Å²) in [7, 11) is -2.21. The van der Waals surface area contributed by atoms with Crippen molar-refractivity contribution in [2.24, 2.45) is 0 Å². The van der Waals surface area contributed by atoms with Crippen LogP contribution >= 0.6 is 0 Å². The average Bonchev–Trinajstić information content (AvgIpc) is 2.63. The Morgan fingerprint density at radius 3 is 2.44 bits per heavy atom. The number of amides is 1. The highest BCUT2D eigenvalue weighted by Gasteiger charge is 2.14. The van der Waals surface area contributed by atoms with Crippen molar-refractivity contribution in [2.45, 2.75) is 4.90 Å². The summed E-state index contributed by atoms with van der Waals surface area (Å²) in [4.78, 5) is 11.8. The zero-order valence-corrected chi connectivity index (χ0v) is 15.2. The highest BCUT2D eigenvalue weighted by atomic mass is 32.2. The van der Waals surface area contributed by atoms with Crippen LogP contribution in [-0.4, -0.2) is 41.2 Å². The number of nitrogens with one attached hydrogen (secondary N) is 2. The number of hydrogen-bond donors (Lipinski definition) is 2. The van der Waals surface area contributed by atoms with Gasteiger partial charge in [-0.3, -0.25) is 4.79 Å². The second kappa shape index (κ2) is 9.40. The molecule has 0 atom stereocenters. The molecule has 0 saturated carbocycles. The summed E-state index contributed by atoms with van der Waals surface area (Å²) in [6.07, 6.45) is 0. The molecule has 0 saturated heterocycles. The van der Waals surface area contributed by atoms with Crippen molar-refractivity contribution >= 4 is 21.6 Å². The highest BCUT2D eigenvalue weighted by Crippen LogP contribution is 2.17. The molecule has 1 amide bonds. The zero-order valence-electron chi connectivity index (χ0n) is 14.4. The van der Waals surface area contributed by atoms with E-state index in [0.717, 1.165) is 12.1 Å². The van der Waals surface area contributed by atoms with Crippen molar-refractivity contribution in [3.63, 3.8) is 0 Å². The van der Waals surface area contributed by atoms with Crippen molar-refractivity contribution in [2.75, 3.05) is 32.2 Å². The maximum Gasteiger partial charge on any atom is 0.262 e. The number of rotatable bonds is 9. The third kappa shape index (κ3) is 6.27. The molecule has 0 spiro atoms. The van der Waals surface area contributed by atoms with Crippen molar-refractivity contribution < 1.29 is 31.5 Å². The Bertz CT molecular complexity index is 889. The highest BCUT2D eigenvalue weighted by molar-refractivity contribution is 7.89. The molecule has 0 heterocycles. The summed E-state index contributed by atoms with van der Waals surface area (Å²) < 4.78 is 62.7. The van der Waals surface area contributed by atoms with Gasteiger partial charge in [0.25, 0.3) is 5.91 Å². The molecule has 0 radical (unpaired) electrons. The minimum Gasteiger partial charge on any atom is -0.484 e. The molecular weight excluding hydrogens is 382 g/mol. The molecule has 0 aliphatic heterocycles. The molecular formula is C17H18F2N2O5S. The third-order valence-corrected chi connectivity index (χ3v) is 4.78. The molecule has 0 aromatic heterocycles. The lowest BCUT2D eigenvalue weighted by molar-refractivity contribution is -0.118. The number of sulfonamides is 1. The molecule has 0 aliphatic carbocycles. The number of halogens is 2. The van der Waals surface area contributed by atoms with Gasteiger partial charge in [0.1, 0.15) is 17.4 Å². The van der Waals surface area contributed by atoms with E-state index in [-0.39, 0.29) is 29.5 Å². The number of carbonyl (C=O) groups excluding carboxylic acids is 1. The monoisotopic (exact) mass is 400 g/mol. The Morgan fingerprint density at radius 1 is 1.11 bits per heavy atom. The Balaban J connectivity index is 1.90. The molecule has 0 bridgehead atoms. The van der Waals surface area contributed by atoms with Crippen LogP contribution in [0.15, 0.2) is 47.4 Å². The molecule has 2 aromatic rings. The van der Waals surface area contributed by atoms with Gasteiger partial charge in [-0.1, -0.05) is 0 Å². The molecule has 0 unspecified atom stereocenters. The van der Waals surface area contributed by atoms with Gasteiger partial charge >= 0.3 is 0 Å². The second-order valence-corrected chi connectivity index (χ2v) is 7.09. The van der Waals surface area contributed by atoms with E-state index in [0.29, 0.717) is 6.07 Å². The number of anilines is 1. The Labute approximate surface area is 155 Å². The van der Waals surface area contributed by atoms with E-state index in [1.54, 1.807) is 0 Å². The predicted octanol–water partition coefficient (Wildman–Crippen LogP) is 1.91. The maximum atomic E-state index is 13.5. The van der Waals surface area contributed by atoms with Crippen LogP contribution in [-0.2, 0) is 19.6 Å². The first-order valence-corrected chi connectivity index (χ1v) is 9.26. The SMILES string of the molecule is COCCNS(=O)(=O)c1ccc(OCC(=O)Nc2ccc(F)cc2F)cc1. The lowest BCUT2D eigenvalue weighted by atomic mass is 10.3. The van der Waals surface area contributed by atoms with Crippen molar-refractivity contribution in [3.8, 4) is 5.75 Å². The minimum atomic E-state index is -3.67. The molecule has 2 rings (SSSR count). The fourth-order valence-corrected chi connectivity index (χ4v) is 3.02. The molecule has 10 heteroatoms. The quantitative estimate of drug-likeness (QED) is 0.627. The lowest BCUT2D eigenvalue weighted by Gasteiger charge is -2.09. The van der Waals surface area contributed by atoms with Gasteiger partial charge in [0, 0.05) is 19.7 Å². The fraction of sp³-hybridized carbons (Fsp3) is 0.235. The van der Waals surface area contributed by atoms with Gasteiger partial charge in [-0.25, -0.2) is 21.9 Å². The normalized spacial score (nSPS) is 11.2. The summed E-state index contributed by atoms with van der Waals surface area (Å²) in [6.45, 7) is -0.0591. The number of benzene rings is 2. The molecule has 2 aromatic carbocycles. The van der Waals surface area contributed by atoms with Gasteiger partial charge in [0.2, 0.25) is 10.0 Å². The van der Waals surface area contributed by atoms with Gasteiger partial charge in [-0.15, -0.1) is 0 Å². The molecule has 146 valence electrons. The van der Waals surface area contributed by atoms with E-state index in [1.807, 2.05) is 0 Å². The van der Waals surface area contributed by atoms with E-state index in [2.05, 4.69) is 10.0 Å². The van der Waals surface area contributed by atoms with E-state index < -0.39 is 34.2 Å². The molecule has 27 heavy (non-hydrogen) atoms. The molecule has 0 fully saturated rings. The largest absolute Gasteiger partial charge is 0.484 e. The first-order valence-electron chi connectivity index (χ1n) is 7.78.